The zero-order valence-electron chi connectivity index (χ0n) is 14.8. The van der Waals surface area contributed by atoms with Gasteiger partial charge in [-0.15, -0.1) is 0 Å². The van der Waals surface area contributed by atoms with Gasteiger partial charge in [-0.1, -0.05) is 29.8 Å². The number of ether oxygens (including phenoxy) is 1. The molecule has 0 unspecified atom stereocenters. The molecule has 6 heteroatoms. The zero-order chi connectivity index (χ0) is 18.4. The number of aliphatic hydroxyl groups excluding tert-OH is 1. The summed E-state index contributed by atoms with van der Waals surface area (Å²) in [6.07, 6.45) is -0.479. The van der Waals surface area contributed by atoms with Crippen molar-refractivity contribution in [3.8, 4) is 5.75 Å². The first kappa shape index (κ1) is 19.0. The minimum atomic E-state index is -0.479. The molecule has 140 valence electrons. The summed E-state index contributed by atoms with van der Waals surface area (Å²) in [4.78, 5) is 3.69. The van der Waals surface area contributed by atoms with Crippen LogP contribution in [-0.2, 0) is 11.3 Å². The number of phenolic OH excluding ortho intramolecular Hbond substituents is 1. The van der Waals surface area contributed by atoms with Crippen LogP contribution >= 0.6 is 11.6 Å². The Labute approximate surface area is 159 Å². The molecular weight excluding hydrogens is 352 g/mol. The molecule has 0 saturated carbocycles. The van der Waals surface area contributed by atoms with Crippen molar-refractivity contribution in [3.05, 3.63) is 59.1 Å². The van der Waals surface area contributed by atoms with Crippen LogP contribution in [-0.4, -0.2) is 55.6 Å². The van der Waals surface area contributed by atoms with E-state index in [9.17, 15) is 10.2 Å². The average Bonchev–Trinajstić information content (AvgIpc) is 2.65. The molecule has 1 atom stereocenters. The molecule has 1 heterocycles. The molecule has 5 nitrogen and oxygen atoms in total. The van der Waals surface area contributed by atoms with Crippen molar-refractivity contribution in [1.29, 1.82) is 0 Å². The number of nitrogens with zero attached hydrogens (tertiary/aromatic N) is 1. The summed E-state index contributed by atoms with van der Waals surface area (Å²) >= 11 is 6.10. The van der Waals surface area contributed by atoms with Crippen molar-refractivity contribution < 1.29 is 19.8 Å². The average molecular weight is 378 g/mol. The molecule has 1 saturated heterocycles. The Morgan fingerprint density at radius 1 is 1.08 bits per heavy atom. The molecule has 1 fully saturated rings. The Hall–Kier alpha value is -1.79. The van der Waals surface area contributed by atoms with Crippen LogP contribution in [0.5, 0.6) is 5.75 Å². The Kier molecular flexibility index (Phi) is 6.74. The molecule has 3 rings (SSSR count). The first-order valence-electron chi connectivity index (χ1n) is 8.98. The molecule has 0 aromatic heterocycles. The minimum absolute atomic E-state index is 0.290. The van der Waals surface area contributed by atoms with E-state index in [0.717, 1.165) is 37.4 Å². The molecule has 2 aromatic carbocycles. The SMILES string of the molecule is Oc1ccc(N2CC[NH+](C[C@@H](O)COCc3ccccc3Cl)CC2)cc1. The number of halogens is 1. The lowest BCUT2D eigenvalue weighted by Crippen LogP contribution is -3.16. The third-order valence-corrected chi connectivity index (χ3v) is 5.10. The number of piperazine rings is 1. The molecule has 0 radical (unpaired) electrons. The maximum absolute atomic E-state index is 10.2. The number of nitrogens with one attached hydrogen (secondary N) is 1. The Morgan fingerprint density at radius 3 is 2.46 bits per heavy atom. The first-order chi connectivity index (χ1) is 12.6. The van der Waals surface area contributed by atoms with E-state index in [1.165, 1.54) is 4.90 Å². The first-order valence-corrected chi connectivity index (χ1v) is 9.36. The molecule has 1 aliphatic rings. The van der Waals surface area contributed by atoms with Gasteiger partial charge in [0.25, 0.3) is 0 Å². The molecule has 1 aliphatic heterocycles. The van der Waals surface area contributed by atoms with E-state index in [1.807, 2.05) is 36.4 Å². The van der Waals surface area contributed by atoms with Gasteiger partial charge in [-0.3, -0.25) is 0 Å². The number of aromatic hydroxyl groups is 1. The summed E-state index contributed by atoms with van der Waals surface area (Å²) < 4.78 is 5.62. The predicted octanol–water partition coefficient (Wildman–Crippen LogP) is 1.33. The molecule has 0 bridgehead atoms. The van der Waals surface area contributed by atoms with E-state index in [2.05, 4.69) is 4.90 Å². The van der Waals surface area contributed by atoms with Gasteiger partial charge in [0.1, 0.15) is 18.4 Å². The minimum Gasteiger partial charge on any atom is -0.508 e. The van der Waals surface area contributed by atoms with Crippen LogP contribution in [0.4, 0.5) is 5.69 Å². The van der Waals surface area contributed by atoms with Crippen LogP contribution in [0.3, 0.4) is 0 Å². The van der Waals surface area contributed by atoms with Crippen LogP contribution < -0.4 is 9.80 Å². The number of quaternary nitrogens is 1. The van der Waals surface area contributed by atoms with Gasteiger partial charge in [-0.2, -0.15) is 0 Å². The smallest absolute Gasteiger partial charge is 0.126 e. The number of anilines is 1. The normalized spacial score (nSPS) is 16.6. The molecule has 0 aliphatic carbocycles. The van der Waals surface area contributed by atoms with Crippen molar-refractivity contribution in [3.63, 3.8) is 0 Å². The highest BCUT2D eigenvalue weighted by Crippen LogP contribution is 2.18. The largest absolute Gasteiger partial charge is 0.508 e. The fraction of sp³-hybridized carbons (Fsp3) is 0.400. The third-order valence-electron chi connectivity index (χ3n) is 4.74. The second kappa shape index (κ2) is 9.24. The number of phenols is 1. The lowest BCUT2D eigenvalue weighted by Gasteiger charge is -2.34. The van der Waals surface area contributed by atoms with E-state index in [4.69, 9.17) is 16.3 Å². The fourth-order valence-electron chi connectivity index (χ4n) is 3.26. The molecule has 2 aromatic rings. The third kappa shape index (κ3) is 5.35. The van der Waals surface area contributed by atoms with Gasteiger partial charge in [0.2, 0.25) is 0 Å². The number of hydrogen-bond acceptors (Lipinski definition) is 4. The zero-order valence-corrected chi connectivity index (χ0v) is 15.5. The Balaban J connectivity index is 1.37. The Bertz CT molecular complexity index is 688. The second-order valence-electron chi connectivity index (χ2n) is 6.72. The highest BCUT2D eigenvalue weighted by Gasteiger charge is 2.22. The van der Waals surface area contributed by atoms with Crippen molar-refractivity contribution in [2.24, 2.45) is 0 Å². The maximum atomic E-state index is 10.2. The van der Waals surface area contributed by atoms with Crippen LogP contribution in [0.25, 0.3) is 0 Å². The van der Waals surface area contributed by atoms with Gasteiger partial charge < -0.3 is 24.7 Å². The van der Waals surface area contributed by atoms with Crippen LogP contribution in [0.1, 0.15) is 5.56 Å². The summed E-state index contributed by atoms with van der Waals surface area (Å²) in [6.45, 7) is 5.24. The standard InChI is InChI=1S/C20H25ClN2O3/c21-20-4-2-1-3-16(20)14-26-15-19(25)13-22-9-11-23(12-10-22)17-5-7-18(24)8-6-17/h1-8,19,24-25H,9-15H2/p+1/t19-/m1/s1. The van der Waals surface area contributed by atoms with Crippen molar-refractivity contribution in [2.45, 2.75) is 12.7 Å². The van der Waals surface area contributed by atoms with E-state index >= 15 is 0 Å². The molecule has 0 spiro atoms. The lowest BCUT2D eigenvalue weighted by molar-refractivity contribution is -0.903. The van der Waals surface area contributed by atoms with Gasteiger partial charge in [0.15, 0.2) is 0 Å². The monoisotopic (exact) mass is 377 g/mol. The maximum Gasteiger partial charge on any atom is 0.126 e. The van der Waals surface area contributed by atoms with Gasteiger partial charge in [-0.25, -0.2) is 0 Å². The van der Waals surface area contributed by atoms with E-state index < -0.39 is 6.10 Å². The van der Waals surface area contributed by atoms with Gasteiger partial charge in [-0.05, 0) is 35.9 Å². The summed E-state index contributed by atoms with van der Waals surface area (Å²) in [5.74, 6) is 0.290. The highest BCUT2D eigenvalue weighted by atomic mass is 35.5. The molecule has 0 amide bonds. The van der Waals surface area contributed by atoms with Crippen LogP contribution in [0, 0.1) is 0 Å². The fourth-order valence-corrected chi connectivity index (χ4v) is 3.45. The highest BCUT2D eigenvalue weighted by molar-refractivity contribution is 6.31. The topological polar surface area (TPSA) is 57.4 Å². The summed E-state index contributed by atoms with van der Waals surface area (Å²) in [5.41, 5.74) is 2.07. The van der Waals surface area contributed by atoms with Crippen molar-refractivity contribution in [1.82, 2.24) is 0 Å². The van der Waals surface area contributed by atoms with Gasteiger partial charge in [0.05, 0.1) is 39.4 Å². The van der Waals surface area contributed by atoms with E-state index in [1.54, 1.807) is 12.1 Å². The summed E-state index contributed by atoms with van der Waals surface area (Å²) in [6, 6.07) is 14.9. The van der Waals surface area contributed by atoms with Crippen molar-refractivity contribution >= 4 is 17.3 Å². The van der Waals surface area contributed by atoms with Gasteiger partial charge in [0, 0.05) is 10.7 Å². The van der Waals surface area contributed by atoms with Crippen molar-refractivity contribution in [2.75, 3.05) is 44.2 Å². The number of rotatable bonds is 7. The predicted molar refractivity (Wildman–Crippen MR) is 103 cm³/mol. The molecule has 26 heavy (non-hydrogen) atoms. The van der Waals surface area contributed by atoms with Crippen LogP contribution in [0.2, 0.25) is 5.02 Å². The van der Waals surface area contributed by atoms with Crippen LogP contribution in [0.15, 0.2) is 48.5 Å². The lowest BCUT2D eigenvalue weighted by atomic mass is 10.2. The summed E-state index contributed by atoms with van der Waals surface area (Å²) in [5, 5.41) is 20.3. The molecule has 3 N–H and O–H groups in total. The van der Waals surface area contributed by atoms with Gasteiger partial charge >= 0.3 is 0 Å². The number of hydrogen-bond donors (Lipinski definition) is 3. The van der Waals surface area contributed by atoms with E-state index in [-0.39, 0.29) is 5.75 Å². The molecular formula is C20H26ClN2O3+. The Morgan fingerprint density at radius 2 is 1.77 bits per heavy atom. The second-order valence-corrected chi connectivity index (χ2v) is 7.13. The number of aliphatic hydroxyl groups is 1. The number of benzene rings is 2. The quantitative estimate of drug-likeness (QED) is 0.681. The van der Waals surface area contributed by atoms with E-state index in [0.29, 0.717) is 24.8 Å². The summed E-state index contributed by atoms with van der Waals surface area (Å²) in [7, 11) is 0.